The van der Waals surface area contributed by atoms with Crippen LogP contribution in [-0.2, 0) is 11.3 Å². The molecule has 182 valence electrons. The summed E-state index contributed by atoms with van der Waals surface area (Å²) >= 11 is 0. The van der Waals surface area contributed by atoms with Gasteiger partial charge in [0.2, 0.25) is 5.91 Å². The minimum atomic E-state index is -0.187. The molecule has 0 saturated carbocycles. The maximum absolute atomic E-state index is 12.7. The van der Waals surface area contributed by atoms with Crippen LogP contribution in [0.25, 0.3) is 0 Å². The van der Waals surface area contributed by atoms with E-state index in [1.807, 2.05) is 13.1 Å². The number of aromatic nitrogens is 2. The molecule has 1 amide bonds. The van der Waals surface area contributed by atoms with Gasteiger partial charge in [-0.15, -0.1) is 0 Å². The fraction of sp³-hybridized carbons (Fsp3) is 0.577. The summed E-state index contributed by atoms with van der Waals surface area (Å²) in [6.45, 7) is 8.76. The number of benzene rings is 1. The van der Waals surface area contributed by atoms with Gasteiger partial charge in [0.25, 0.3) is 0 Å². The lowest BCUT2D eigenvalue weighted by Crippen LogP contribution is -2.66. The first-order chi connectivity index (χ1) is 16.5. The van der Waals surface area contributed by atoms with Gasteiger partial charge in [0.05, 0.1) is 12.1 Å². The first kappa shape index (κ1) is 22.9. The molecule has 2 aromatic rings. The zero-order valence-corrected chi connectivity index (χ0v) is 20.5. The maximum Gasteiger partial charge on any atom is 0.240 e. The molecule has 3 aliphatic heterocycles. The molecule has 1 aromatic heterocycles. The van der Waals surface area contributed by atoms with E-state index in [1.54, 1.807) is 6.33 Å². The number of piperidine rings is 2. The van der Waals surface area contributed by atoms with Crippen LogP contribution in [0.5, 0.6) is 0 Å². The minimum absolute atomic E-state index is 0.116. The fourth-order valence-electron chi connectivity index (χ4n) is 5.55. The van der Waals surface area contributed by atoms with Gasteiger partial charge in [-0.3, -0.25) is 9.69 Å². The van der Waals surface area contributed by atoms with Crippen LogP contribution < -0.4 is 20.4 Å². The number of piperazine rings is 1. The zero-order valence-electron chi connectivity index (χ0n) is 20.5. The van der Waals surface area contributed by atoms with Gasteiger partial charge in [-0.25, -0.2) is 9.97 Å². The van der Waals surface area contributed by atoms with Crippen molar-refractivity contribution in [2.45, 2.75) is 44.7 Å². The van der Waals surface area contributed by atoms with Gasteiger partial charge in [-0.1, -0.05) is 19.1 Å². The molecule has 1 aromatic carbocycles. The van der Waals surface area contributed by atoms with Crippen LogP contribution in [-0.4, -0.2) is 72.6 Å². The van der Waals surface area contributed by atoms with Gasteiger partial charge < -0.3 is 20.4 Å². The molecule has 1 spiro atoms. The summed E-state index contributed by atoms with van der Waals surface area (Å²) < 4.78 is 0. The van der Waals surface area contributed by atoms with Gasteiger partial charge in [0.1, 0.15) is 18.0 Å². The second-order valence-electron chi connectivity index (χ2n) is 10.3. The van der Waals surface area contributed by atoms with Crippen molar-refractivity contribution in [1.29, 1.82) is 0 Å². The first-order valence-corrected chi connectivity index (χ1v) is 12.6. The summed E-state index contributed by atoms with van der Waals surface area (Å²) in [7, 11) is 1.87. The number of amides is 1. The molecule has 8 nitrogen and oxygen atoms in total. The van der Waals surface area contributed by atoms with Gasteiger partial charge in [-0.2, -0.15) is 0 Å². The second kappa shape index (κ2) is 9.78. The molecule has 0 bridgehead atoms. The maximum atomic E-state index is 12.7. The van der Waals surface area contributed by atoms with Crippen LogP contribution in [0.1, 0.15) is 38.2 Å². The third-order valence-corrected chi connectivity index (χ3v) is 7.77. The average Bonchev–Trinajstić information content (AvgIpc) is 2.86. The normalized spacial score (nSPS) is 21.5. The summed E-state index contributed by atoms with van der Waals surface area (Å²) in [4.78, 5) is 28.5. The highest BCUT2D eigenvalue weighted by molar-refractivity contribution is 5.84. The van der Waals surface area contributed by atoms with Crippen molar-refractivity contribution in [3.8, 4) is 0 Å². The van der Waals surface area contributed by atoms with E-state index in [9.17, 15) is 4.79 Å². The number of hydrogen-bond acceptors (Lipinski definition) is 7. The van der Waals surface area contributed by atoms with E-state index in [2.05, 4.69) is 66.5 Å². The molecule has 4 heterocycles. The second-order valence-corrected chi connectivity index (χ2v) is 10.3. The van der Waals surface area contributed by atoms with E-state index in [1.165, 1.54) is 31.5 Å². The Bertz CT molecular complexity index is 979. The molecular formula is C26H37N7O. The Hall–Kier alpha value is -2.87. The molecular weight excluding hydrogens is 426 g/mol. The van der Waals surface area contributed by atoms with E-state index in [4.69, 9.17) is 0 Å². The number of rotatable bonds is 5. The number of anilines is 3. The molecule has 5 rings (SSSR count). The van der Waals surface area contributed by atoms with E-state index in [0.717, 1.165) is 62.3 Å². The average molecular weight is 464 g/mol. The predicted molar refractivity (Wildman–Crippen MR) is 136 cm³/mol. The molecule has 8 heteroatoms. The Labute approximate surface area is 202 Å². The fourth-order valence-corrected chi connectivity index (χ4v) is 5.55. The SMILES string of the molecule is CNc1cc(N2CCC3(CC2)CN(c2ccc(CN4CCC(C)CC4)cc2)CC(=O)N3)ncn1. The van der Waals surface area contributed by atoms with Crippen molar-refractivity contribution in [1.82, 2.24) is 20.2 Å². The first-order valence-electron chi connectivity index (χ1n) is 12.6. The third kappa shape index (κ3) is 5.12. The molecule has 2 N–H and O–H groups in total. The predicted octanol–water partition coefficient (Wildman–Crippen LogP) is 2.73. The minimum Gasteiger partial charge on any atom is -0.373 e. The van der Waals surface area contributed by atoms with Crippen LogP contribution in [0, 0.1) is 5.92 Å². The van der Waals surface area contributed by atoms with Crippen molar-refractivity contribution in [3.63, 3.8) is 0 Å². The van der Waals surface area contributed by atoms with E-state index in [-0.39, 0.29) is 11.4 Å². The molecule has 0 atom stereocenters. The lowest BCUT2D eigenvalue weighted by atomic mass is 9.85. The highest BCUT2D eigenvalue weighted by Crippen LogP contribution is 2.31. The van der Waals surface area contributed by atoms with Crippen LogP contribution in [0.15, 0.2) is 36.7 Å². The van der Waals surface area contributed by atoms with E-state index < -0.39 is 0 Å². The topological polar surface area (TPSA) is 76.6 Å². The van der Waals surface area contributed by atoms with E-state index in [0.29, 0.717) is 6.54 Å². The lowest BCUT2D eigenvalue weighted by Gasteiger charge is -2.48. The molecule has 3 saturated heterocycles. The lowest BCUT2D eigenvalue weighted by molar-refractivity contribution is -0.123. The Morgan fingerprint density at radius 2 is 1.79 bits per heavy atom. The van der Waals surface area contributed by atoms with Gasteiger partial charge in [-0.05, 0) is 62.4 Å². The van der Waals surface area contributed by atoms with Gasteiger partial charge in [0.15, 0.2) is 0 Å². The number of carbonyl (C=O) groups excluding carboxylic acids is 1. The molecule has 3 aliphatic rings. The molecule has 0 unspecified atom stereocenters. The number of nitrogens with one attached hydrogen (secondary N) is 2. The highest BCUT2D eigenvalue weighted by atomic mass is 16.2. The number of likely N-dealkylation sites (tertiary alicyclic amines) is 1. The Balaban J connectivity index is 1.21. The standard InChI is InChI=1S/C26H37N7O/c1-20-7-11-31(12-8-20)16-21-3-5-22(6-4-21)33-17-25(34)30-26(18-33)9-13-32(14-10-26)24-15-23(27-2)28-19-29-24/h3-6,15,19-20H,7-14,16-18H2,1-2H3,(H,30,34)(H,27,28,29). The Kier molecular flexibility index (Phi) is 6.59. The van der Waals surface area contributed by atoms with Crippen molar-refractivity contribution in [2.24, 2.45) is 5.92 Å². The van der Waals surface area contributed by atoms with Gasteiger partial charge in [0, 0.05) is 45.0 Å². The summed E-state index contributed by atoms with van der Waals surface area (Å²) in [5, 5.41) is 6.41. The van der Waals surface area contributed by atoms with Gasteiger partial charge >= 0.3 is 0 Å². The van der Waals surface area contributed by atoms with Crippen molar-refractivity contribution < 1.29 is 4.79 Å². The van der Waals surface area contributed by atoms with E-state index >= 15 is 0 Å². The van der Waals surface area contributed by atoms with Crippen molar-refractivity contribution >= 4 is 23.2 Å². The quantitative estimate of drug-likeness (QED) is 0.706. The largest absolute Gasteiger partial charge is 0.373 e. The molecule has 0 radical (unpaired) electrons. The number of hydrogen-bond donors (Lipinski definition) is 2. The third-order valence-electron chi connectivity index (χ3n) is 7.77. The zero-order chi connectivity index (χ0) is 23.5. The summed E-state index contributed by atoms with van der Waals surface area (Å²) in [5.41, 5.74) is 2.31. The monoisotopic (exact) mass is 463 g/mol. The Morgan fingerprint density at radius 1 is 1.06 bits per heavy atom. The summed E-state index contributed by atoms with van der Waals surface area (Å²) in [6.07, 6.45) is 6.01. The molecule has 0 aliphatic carbocycles. The van der Waals surface area contributed by atoms with Crippen LogP contribution in [0.4, 0.5) is 17.3 Å². The van der Waals surface area contributed by atoms with Crippen LogP contribution in [0.2, 0.25) is 0 Å². The number of carbonyl (C=O) groups is 1. The summed E-state index contributed by atoms with van der Waals surface area (Å²) in [5.74, 6) is 2.73. The molecule has 34 heavy (non-hydrogen) atoms. The summed E-state index contributed by atoms with van der Waals surface area (Å²) in [6, 6.07) is 10.9. The van der Waals surface area contributed by atoms with Crippen molar-refractivity contribution in [2.75, 3.05) is 61.4 Å². The number of nitrogens with zero attached hydrogens (tertiary/aromatic N) is 5. The Morgan fingerprint density at radius 3 is 2.50 bits per heavy atom. The highest BCUT2D eigenvalue weighted by Gasteiger charge is 2.41. The smallest absolute Gasteiger partial charge is 0.240 e. The van der Waals surface area contributed by atoms with Crippen LogP contribution >= 0.6 is 0 Å². The molecule has 3 fully saturated rings. The van der Waals surface area contributed by atoms with Crippen molar-refractivity contribution in [3.05, 3.63) is 42.2 Å². The van der Waals surface area contributed by atoms with Crippen LogP contribution in [0.3, 0.4) is 0 Å².